The minimum Gasteiger partial charge on any atom is -0.321 e. The predicted molar refractivity (Wildman–Crippen MR) is 53.3 cm³/mol. The fraction of sp³-hybridized carbons (Fsp3) is 0.455. The monoisotopic (exact) mass is 217 g/mol. The third-order valence-electron chi connectivity index (χ3n) is 2.36. The van der Waals surface area contributed by atoms with Gasteiger partial charge in [0.2, 0.25) is 0 Å². The van der Waals surface area contributed by atoms with Crippen LogP contribution in [-0.2, 0) is 6.42 Å². The number of aryl methyl sites for hydroxylation is 1. The van der Waals surface area contributed by atoms with Crippen LogP contribution in [0.1, 0.15) is 18.9 Å². The highest BCUT2D eigenvalue weighted by molar-refractivity contribution is 5.16. The van der Waals surface area contributed by atoms with Crippen LogP contribution in [0.3, 0.4) is 0 Å². The molecule has 0 aliphatic heterocycles. The molecule has 0 aliphatic rings. The SMILES string of the molecule is CC(N)(CCc1ccc(F)cc1)C(F)F. The normalized spacial score (nSPS) is 15.3. The van der Waals surface area contributed by atoms with Crippen molar-refractivity contribution in [3.63, 3.8) is 0 Å². The Morgan fingerprint density at radius 1 is 1.27 bits per heavy atom. The Morgan fingerprint density at radius 3 is 2.27 bits per heavy atom. The molecule has 15 heavy (non-hydrogen) atoms. The van der Waals surface area contributed by atoms with Crippen molar-refractivity contribution in [3.05, 3.63) is 35.6 Å². The van der Waals surface area contributed by atoms with Gasteiger partial charge in [-0.15, -0.1) is 0 Å². The molecule has 1 atom stereocenters. The predicted octanol–water partition coefficient (Wildman–Crippen LogP) is 2.74. The summed E-state index contributed by atoms with van der Waals surface area (Å²) < 4.78 is 37.3. The highest BCUT2D eigenvalue weighted by Crippen LogP contribution is 2.19. The first-order valence-corrected chi connectivity index (χ1v) is 4.73. The average Bonchev–Trinajstić information content (AvgIpc) is 2.17. The third kappa shape index (κ3) is 3.55. The van der Waals surface area contributed by atoms with E-state index in [4.69, 9.17) is 5.73 Å². The Morgan fingerprint density at radius 2 is 1.80 bits per heavy atom. The molecule has 4 heteroatoms. The fourth-order valence-electron chi connectivity index (χ4n) is 1.17. The first-order valence-electron chi connectivity index (χ1n) is 4.73. The van der Waals surface area contributed by atoms with Gasteiger partial charge in [-0.05, 0) is 37.5 Å². The lowest BCUT2D eigenvalue weighted by molar-refractivity contribution is 0.0591. The molecular weight excluding hydrogens is 203 g/mol. The lowest BCUT2D eigenvalue weighted by Gasteiger charge is -2.23. The van der Waals surface area contributed by atoms with Crippen LogP contribution in [0.25, 0.3) is 0 Å². The van der Waals surface area contributed by atoms with Crippen molar-refractivity contribution in [2.45, 2.75) is 31.7 Å². The molecule has 0 saturated carbocycles. The number of nitrogens with two attached hydrogens (primary N) is 1. The number of halogens is 3. The molecule has 84 valence electrons. The van der Waals surface area contributed by atoms with Crippen molar-refractivity contribution in [1.82, 2.24) is 0 Å². The number of alkyl halides is 2. The van der Waals surface area contributed by atoms with Gasteiger partial charge >= 0.3 is 0 Å². The van der Waals surface area contributed by atoms with Crippen molar-refractivity contribution in [1.29, 1.82) is 0 Å². The van der Waals surface area contributed by atoms with Crippen molar-refractivity contribution in [3.8, 4) is 0 Å². The van der Waals surface area contributed by atoms with Gasteiger partial charge in [-0.1, -0.05) is 12.1 Å². The minimum atomic E-state index is -2.54. The number of hydrogen-bond acceptors (Lipinski definition) is 1. The summed E-state index contributed by atoms with van der Waals surface area (Å²) >= 11 is 0. The smallest absolute Gasteiger partial charge is 0.256 e. The van der Waals surface area contributed by atoms with Crippen molar-refractivity contribution in [2.75, 3.05) is 0 Å². The Kier molecular flexibility index (Phi) is 3.74. The molecule has 1 aromatic rings. The van der Waals surface area contributed by atoms with E-state index in [1.807, 2.05) is 0 Å². The molecule has 0 heterocycles. The Bertz CT molecular complexity index is 306. The molecule has 0 bridgehead atoms. The maximum atomic E-state index is 12.5. The lowest BCUT2D eigenvalue weighted by atomic mass is 9.95. The molecule has 2 N–H and O–H groups in total. The zero-order valence-corrected chi connectivity index (χ0v) is 8.51. The molecule has 0 saturated heterocycles. The van der Waals surface area contributed by atoms with Crippen LogP contribution in [0.15, 0.2) is 24.3 Å². The van der Waals surface area contributed by atoms with E-state index < -0.39 is 12.0 Å². The maximum Gasteiger partial charge on any atom is 0.256 e. The van der Waals surface area contributed by atoms with E-state index in [1.165, 1.54) is 19.1 Å². The summed E-state index contributed by atoms with van der Waals surface area (Å²) in [5.41, 5.74) is 4.75. The number of benzene rings is 1. The second-order valence-electron chi connectivity index (χ2n) is 3.93. The van der Waals surface area contributed by atoms with Crippen LogP contribution >= 0.6 is 0 Å². The maximum absolute atomic E-state index is 12.5. The molecule has 0 radical (unpaired) electrons. The van der Waals surface area contributed by atoms with Gasteiger partial charge in [0.05, 0.1) is 5.54 Å². The van der Waals surface area contributed by atoms with Crippen LogP contribution in [0.5, 0.6) is 0 Å². The quantitative estimate of drug-likeness (QED) is 0.824. The van der Waals surface area contributed by atoms with Crippen molar-refractivity contribution in [2.24, 2.45) is 5.73 Å². The lowest BCUT2D eigenvalue weighted by Crippen LogP contribution is -2.44. The summed E-state index contributed by atoms with van der Waals surface area (Å²) in [5, 5.41) is 0. The highest BCUT2D eigenvalue weighted by atomic mass is 19.3. The highest BCUT2D eigenvalue weighted by Gasteiger charge is 2.29. The van der Waals surface area contributed by atoms with Crippen LogP contribution in [-0.4, -0.2) is 12.0 Å². The average molecular weight is 217 g/mol. The van der Waals surface area contributed by atoms with E-state index in [-0.39, 0.29) is 12.2 Å². The topological polar surface area (TPSA) is 26.0 Å². The molecule has 0 aromatic heterocycles. The minimum absolute atomic E-state index is 0.177. The van der Waals surface area contributed by atoms with E-state index in [1.54, 1.807) is 12.1 Å². The largest absolute Gasteiger partial charge is 0.321 e. The zero-order valence-electron chi connectivity index (χ0n) is 8.51. The summed E-state index contributed by atoms with van der Waals surface area (Å²) in [6, 6.07) is 5.78. The van der Waals surface area contributed by atoms with Crippen molar-refractivity contribution >= 4 is 0 Å². The third-order valence-corrected chi connectivity index (χ3v) is 2.36. The van der Waals surface area contributed by atoms with Gasteiger partial charge in [-0.2, -0.15) is 0 Å². The Balaban J connectivity index is 2.54. The van der Waals surface area contributed by atoms with Crippen LogP contribution in [0.2, 0.25) is 0 Å². The molecule has 1 aromatic carbocycles. The molecule has 0 aliphatic carbocycles. The molecule has 1 nitrogen and oxygen atoms in total. The van der Waals surface area contributed by atoms with E-state index in [9.17, 15) is 13.2 Å². The van der Waals surface area contributed by atoms with E-state index >= 15 is 0 Å². The molecule has 1 rings (SSSR count). The van der Waals surface area contributed by atoms with Gasteiger partial charge < -0.3 is 5.73 Å². The van der Waals surface area contributed by atoms with Gasteiger partial charge in [-0.3, -0.25) is 0 Å². The van der Waals surface area contributed by atoms with Crippen LogP contribution in [0.4, 0.5) is 13.2 Å². The molecule has 0 amide bonds. The van der Waals surface area contributed by atoms with Gasteiger partial charge in [0.1, 0.15) is 5.82 Å². The molecule has 0 spiro atoms. The van der Waals surface area contributed by atoms with E-state index in [2.05, 4.69) is 0 Å². The van der Waals surface area contributed by atoms with E-state index in [0.717, 1.165) is 5.56 Å². The molecule has 0 fully saturated rings. The van der Waals surface area contributed by atoms with Gasteiger partial charge in [0.15, 0.2) is 0 Å². The molecule has 1 unspecified atom stereocenters. The summed E-state index contributed by atoms with van der Waals surface area (Å²) in [4.78, 5) is 0. The second kappa shape index (κ2) is 4.66. The van der Waals surface area contributed by atoms with Crippen LogP contribution < -0.4 is 5.73 Å². The number of rotatable bonds is 4. The van der Waals surface area contributed by atoms with Gasteiger partial charge in [-0.25, -0.2) is 13.2 Å². The standard InChI is InChI=1S/C11H14F3N/c1-11(15,10(13)14)7-6-8-2-4-9(12)5-3-8/h2-5,10H,6-7,15H2,1H3. The van der Waals surface area contributed by atoms with E-state index in [0.29, 0.717) is 6.42 Å². The summed E-state index contributed by atoms with van der Waals surface area (Å²) in [6.45, 7) is 1.32. The van der Waals surface area contributed by atoms with Crippen molar-refractivity contribution < 1.29 is 13.2 Å². The fourth-order valence-corrected chi connectivity index (χ4v) is 1.17. The van der Waals surface area contributed by atoms with Gasteiger partial charge in [0.25, 0.3) is 6.43 Å². The second-order valence-corrected chi connectivity index (χ2v) is 3.93. The van der Waals surface area contributed by atoms with Gasteiger partial charge in [0, 0.05) is 0 Å². The summed E-state index contributed by atoms with van der Waals surface area (Å²) in [6.07, 6.45) is -1.94. The first-order chi connectivity index (χ1) is 6.92. The Hall–Kier alpha value is -1.03. The molecular formula is C11H14F3N. The van der Waals surface area contributed by atoms with Crippen LogP contribution in [0, 0.1) is 5.82 Å². The summed E-state index contributed by atoms with van der Waals surface area (Å²) in [7, 11) is 0. The Labute approximate surface area is 87.1 Å². The zero-order chi connectivity index (χ0) is 11.5. The number of hydrogen-bond donors (Lipinski definition) is 1. The summed E-state index contributed by atoms with van der Waals surface area (Å²) in [5.74, 6) is -0.330. The first kappa shape index (κ1) is 12.0.